The summed E-state index contributed by atoms with van der Waals surface area (Å²) in [6.45, 7) is 30.2. The molecule has 0 atom stereocenters. The molecule has 1 saturated carbocycles. The summed E-state index contributed by atoms with van der Waals surface area (Å²) >= 11 is 0. The molecule has 1 aliphatic rings. The number of hydrogen-bond donors (Lipinski definition) is 0. The van der Waals surface area contributed by atoms with Gasteiger partial charge in [-0.1, -0.05) is 90.0 Å². The van der Waals surface area contributed by atoms with E-state index >= 15 is 0 Å². The molecule has 0 aliphatic heterocycles. The Morgan fingerprint density at radius 3 is 1.50 bits per heavy atom. The molecule has 4 heteroatoms. The van der Waals surface area contributed by atoms with E-state index in [9.17, 15) is 0 Å². The van der Waals surface area contributed by atoms with E-state index in [2.05, 4.69) is 112 Å². The van der Waals surface area contributed by atoms with Gasteiger partial charge >= 0.3 is 0 Å². The van der Waals surface area contributed by atoms with Gasteiger partial charge in [0.25, 0.3) is 0 Å². The summed E-state index contributed by atoms with van der Waals surface area (Å²) in [4.78, 5) is 0. The van der Waals surface area contributed by atoms with Crippen LogP contribution in [0.4, 0.5) is 0 Å². The van der Waals surface area contributed by atoms with E-state index in [-0.39, 0.29) is 21.7 Å². The van der Waals surface area contributed by atoms with Crippen LogP contribution >= 0.6 is 0 Å². The summed E-state index contributed by atoms with van der Waals surface area (Å²) in [7, 11) is 0. The van der Waals surface area contributed by atoms with Crippen LogP contribution in [0.15, 0.2) is 12.1 Å². The lowest BCUT2D eigenvalue weighted by molar-refractivity contribution is 0.472. The Balaban J connectivity index is 0.000000227. The van der Waals surface area contributed by atoms with E-state index in [1.54, 1.807) is 0 Å². The Morgan fingerprint density at radius 2 is 1.12 bits per heavy atom. The largest absolute Gasteiger partial charge is 0.269 e. The lowest BCUT2D eigenvalue weighted by Crippen LogP contribution is -2.18. The highest BCUT2D eigenvalue weighted by Gasteiger charge is 2.33. The summed E-state index contributed by atoms with van der Waals surface area (Å²) in [5, 5.41) is 9.58. The van der Waals surface area contributed by atoms with E-state index in [0.717, 1.165) is 13.0 Å². The second-order valence-electron chi connectivity index (χ2n) is 13.7. The van der Waals surface area contributed by atoms with Gasteiger partial charge in [-0.3, -0.25) is 9.36 Å². The topological polar surface area (TPSA) is 35.6 Å². The third-order valence-corrected chi connectivity index (χ3v) is 5.92. The van der Waals surface area contributed by atoms with Gasteiger partial charge in [-0.15, -0.1) is 0 Å². The molecule has 2 heterocycles. The molecule has 0 radical (unpaired) electrons. The maximum atomic E-state index is 4.83. The zero-order valence-corrected chi connectivity index (χ0v) is 23.3. The maximum absolute atomic E-state index is 4.83. The Morgan fingerprint density at radius 1 is 0.688 bits per heavy atom. The minimum Gasteiger partial charge on any atom is -0.269 e. The number of rotatable bonds is 3. The van der Waals surface area contributed by atoms with Crippen LogP contribution in [-0.2, 0) is 28.2 Å². The normalized spacial score (nSPS) is 15.5. The fourth-order valence-corrected chi connectivity index (χ4v) is 3.69. The van der Waals surface area contributed by atoms with Crippen molar-refractivity contribution in [3.8, 4) is 0 Å². The fourth-order valence-electron chi connectivity index (χ4n) is 3.69. The van der Waals surface area contributed by atoms with Crippen molar-refractivity contribution in [1.29, 1.82) is 0 Å². The van der Waals surface area contributed by atoms with Crippen molar-refractivity contribution in [2.75, 3.05) is 0 Å². The van der Waals surface area contributed by atoms with Crippen LogP contribution < -0.4 is 0 Å². The Bertz CT molecular complexity index is 882. The van der Waals surface area contributed by atoms with Gasteiger partial charge in [0.2, 0.25) is 0 Å². The third kappa shape index (κ3) is 6.71. The van der Waals surface area contributed by atoms with Gasteiger partial charge in [-0.2, -0.15) is 10.2 Å². The van der Waals surface area contributed by atoms with E-state index in [4.69, 9.17) is 10.2 Å². The van der Waals surface area contributed by atoms with Gasteiger partial charge in [0.05, 0.1) is 17.4 Å². The van der Waals surface area contributed by atoms with Gasteiger partial charge in [-0.05, 0) is 31.4 Å². The molecule has 182 valence electrons. The van der Waals surface area contributed by atoms with E-state index in [1.165, 1.54) is 35.6 Å². The van der Waals surface area contributed by atoms with Crippen molar-refractivity contribution >= 4 is 0 Å². The molecule has 1 aliphatic carbocycles. The summed E-state index contributed by atoms with van der Waals surface area (Å²) in [6, 6.07) is 5.25. The molecular formula is C28H50N4. The predicted octanol–water partition coefficient (Wildman–Crippen LogP) is 7.70. The van der Waals surface area contributed by atoms with Gasteiger partial charge in [0, 0.05) is 39.6 Å². The first-order valence-corrected chi connectivity index (χ1v) is 12.5. The highest BCUT2D eigenvalue weighted by atomic mass is 15.3. The van der Waals surface area contributed by atoms with Gasteiger partial charge in [0.15, 0.2) is 0 Å². The molecule has 0 amide bonds. The van der Waals surface area contributed by atoms with Crippen molar-refractivity contribution < 1.29 is 0 Å². The highest BCUT2D eigenvalue weighted by Crippen LogP contribution is 2.39. The number of aromatic nitrogens is 4. The molecule has 1 fully saturated rings. The first-order chi connectivity index (χ1) is 14.4. The lowest BCUT2D eigenvalue weighted by atomic mass is 9.88. The number of aryl methyl sites for hydroxylation is 1. The van der Waals surface area contributed by atoms with Gasteiger partial charge < -0.3 is 0 Å². The van der Waals surface area contributed by atoms with Crippen molar-refractivity contribution in [2.24, 2.45) is 0 Å². The van der Waals surface area contributed by atoms with Crippen LogP contribution in [0.2, 0.25) is 0 Å². The van der Waals surface area contributed by atoms with Gasteiger partial charge in [-0.25, -0.2) is 0 Å². The minimum absolute atomic E-state index is 0.138. The Hall–Kier alpha value is -1.58. The van der Waals surface area contributed by atoms with Crippen LogP contribution in [0, 0.1) is 0 Å². The lowest BCUT2D eigenvalue weighted by Gasteiger charge is -2.19. The Labute approximate surface area is 198 Å². The smallest absolute Gasteiger partial charge is 0.0681 e. The van der Waals surface area contributed by atoms with Crippen molar-refractivity contribution in [3.05, 3.63) is 34.9 Å². The molecule has 0 saturated heterocycles. The first-order valence-electron chi connectivity index (χ1n) is 12.5. The molecule has 4 nitrogen and oxygen atoms in total. The van der Waals surface area contributed by atoms with E-state index < -0.39 is 0 Å². The maximum Gasteiger partial charge on any atom is 0.0681 e. The van der Waals surface area contributed by atoms with Crippen LogP contribution in [-0.4, -0.2) is 19.6 Å². The summed E-state index contributed by atoms with van der Waals surface area (Å²) < 4.78 is 4.46. The molecule has 32 heavy (non-hydrogen) atoms. The molecule has 0 N–H and O–H groups in total. The van der Waals surface area contributed by atoms with E-state index in [1.807, 2.05) is 0 Å². The van der Waals surface area contributed by atoms with E-state index in [0.29, 0.717) is 6.04 Å². The summed E-state index contributed by atoms with van der Waals surface area (Å²) in [6.07, 6.45) is 3.73. The molecule has 0 unspecified atom stereocenters. The van der Waals surface area contributed by atoms with Crippen LogP contribution in [0.3, 0.4) is 0 Å². The first kappa shape index (κ1) is 26.7. The summed E-state index contributed by atoms with van der Waals surface area (Å²) in [5.74, 6) is 0. The second kappa shape index (κ2) is 8.99. The Kier molecular flexibility index (Phi) is 7.49. The molecule has 0 aromatic carbocycles. The zero-order valence-electron chi connectivity index (χ0n) is 23.3. The molecule has 3 rings (SSSR count). The fraction of sp³-hybridized carbons (Fsp3) is 0.786. The zero-order chi connectivity index (χ0) is 24.7. The average Bonchev–Trinajstić information content (AvgIpc) is 3.14. The minimum atomic E-state index is 0.138. The molecule has 2 aromatic rings. The van der Waals surface area contributed by atoms with Crippen molar-refractivity contribution in [3.63, 3.8) is 0 Å². The predicted molar refractivity (Wildman–Crippen MR) is 138 cm³/mol. The standard InChI is InChI=1S/C14H24N2.C14H26N2/c1-13(2,3)11-9-12(14(4,5)6)16(15-11)10-7-8-10;1-8-9-16-12(14(5,6)7)10-11(15-16)13(2,3)4/h9-10H,7-8H2,1-6H3;10H,8-9H2,1-7H3. The molecule has 0 spiro atoms. The average molecular weight is 443 g/mol. The van der Waals surface area contributed by atoms with Crippen LogP contribution in [0.1, 0.15) is 138 Å². The van der Waals surface area contributed by atoms with Crippen molar-refractivity contribution in [2.45, 2.75) is 144 Å². The number of nitrogens with zero attached hydrogens (tertiary/aromatic N) is 4. The van der Waals surface area contributed by atoms with Gasteiger partial charge in [0.1, 0.15) is 0 Å². The van der Waals surface area contributed by atoms with Crippen LogP contribution in [0.5, 0.6) is 0 Å². The third-order valence-electron chi connectivity index (χ3n) is 5.92. The highest BCUT2D eigenvalue weighted by molar-refractivity contribution is 5.24. The quantitative estimate of drug-likeness (QED) is 0.488. The molecule has 0 bridgehead atoms. The molecular weight excluding hydrogens is 392 g/mol. The van der Waals surface area contributed by atoms with Crippen molar-refractivity contribution in [1.82, 2.24) is 19.6 Å². The second-order valence-corrected chi connectivity index (χ2v) is 13.7. The monoisotopic (exact) mass is 442 g/mol. The summed E-state index contributed by atoms with van der Waals surface area (Å²) in [5.41, 5.74) is 5.82. The molecule has 2 aromatic heterocycles. The van der Waals surface area contributed by atoms with Crippen LogP contribution in [0.25, 0.3) is 0 Å². The SMILES string of the molecule is CC(C)(C)c1cc(C(C)(C)C)n(C2CC2)n1.CCCn1nc(C(C)(C)C)cc1C(C)(C)C. The number of hydrogen-bond acceptors (Lipinski definition) is 2.